The van der Waals surface area contributed by atoms with E-state index in [4.69, 9.17) is 9.15 Å². The van der Waals surface area contributed by atoms with Gasteiger partial charge in [-0.3, -0.25) is 9.48 Å². The number of benzene rings is 1. The molecule has 8 heteroatoms. The fraction of sp³-hybridized carbons (Fsp3) is 0.389. The first-order valence-electron chi connectivity index (χ1n) is 8.57. The molecule has 2 aromatic heterocycles. The Morgan fingerprint density at radius 1 is 1.42 bits per heavy atom. The number of nitrogens with zero attached hydrogens (tertiary/aromatic N) is 4. The zero-order chi connectivity index (χ0) is 18.3. The molecular weight excluding hydrogens is 336 g/mol. The highest BCUT2D eigenvalue weighted by molar-refractivity contribution is 5.97. The number of likely N-dealkylation sites (tertiary alicyclic amines) is 1. The molecule has 1 N–H and O–H groups in total. The van der Waals surface area contributed by atoms with Gasteiger partial charge in [-0.25, -0.2) is 4.98 Å². The maximum atomic E-state index is 12.8. The van der Waals surface area contributed by atoms with E-state index in [2.05, 4.69) is 10.1 Å². The highest BCUT2D eigenvalue weighted by atomic mass is 16.5. The van der Waals surface area contributed by atoms with E-state index in [-0.39, 0.29) is 12.5 Å². The number of ether oxygens (including phenoxy) is 1. The molecule has 0 aliphatic carbocycles. The van der Waals surface area contributed by atoms with E-state index in [1.807, 2.05) is 6.92 Å². The van der Waals surface area contributed by atoms with E-state index < -0.39 is 12.2 Å². The van der Waals surface area contributed by atoms with Crippen LogP contribution in [0.4, 0.5) is 0 Å². The standard InChI is InChI=1S/C18H20N4O4/c1-3-22-8-13(7-19-22)26-17-10-21(9-15(17)23)18(24)12-4-5-16-14(6-12)20-11(2)25-16/h4-8,15,17,23H,3,9-10H2,1-2H3/t15-,17-/m1/s1. The summed E-state index contributed by atoms with van der Waals surface area (Å²) in [7, 11) is 0. The topological polar surface area (TPSA) is 93.6 Å². The number of aryl methyl sites for hydroxylation is 2. The molecule has 2 atom stereocenters. The molecule has 0 spiro atoms. The van der Waals surface area contributed by atoms with Crippen LogP contribution < -0.4 is 4.74 Å². The number of aromatic nitrogens is 3. The number of hydrogen-bond donors (Lipinski definition) is 1. The van der Waals surface area contributed by atoms with Gasteiger partial charge >= 0.3 is 0 Å². The fourth-order valence-corrected chi connectivity index (χ4v) is 3.15. The molecule has 136 valence electrons. The first kappa shape index (κ1) is 16.6. The number of aliphatic hydroxyl groups is 1. The molecule has 8 nitrogen and oxygen atoms in total. The van der Waals surface area contributed by atoms with Gasteiger partial charge < -0.3 is 19.2 Å². The average Bonchev–Trinajstić information content (AvgIpc) is 3.32. The smallest absolute Gasteiger partial charge is 0.254 e. The molecule has 1 aliphatic rings. The van der Waals surface area contributed by atoms with Gasteiger partial charge in [0.25, 0.3) is 5.91 Å². The number of amides is 1. The molecule has 4 rings (SSSR count). The minimum absolute atomic E-state index is 0.165. The van der Waals surface area contributed by atoms with E-state index in [0.29, 0.717) is 34.8 Å². The minimum Gasteiger partial charge on any atom is -0.482 e. The van der Waals surface area contributed by atoms with Crippen molar-refractivity contribution in [2.45, 2.75) is 32.6 Å². The second-order valence-corrected chi connectivity index (χ2v) is 6.38. The van der Waals surface area contributed by atoms with Gasteiger partial charge in [0.05, 0.1) is 25.5 Å². The van der Waals surface area contributed by atoms with E-state index in [0.717, 1.165) is 6.54 Å². The summed E-state index contributed by atoms with van der Waals surface area (Å²) < 4.78 is 13.0. The third-order valence-electron chi connectivity index (χ3n) is 4.49. The number of hydrogen-bond acceptors (Lipinski definition) is 6. The Labute approximate surface area is 150 Å². The Balaban J connectivity index is 1.47. The van der Waals surface area contributed by atoms with Crippen molar-refractivity contribution in [3.05, 3.63) is 42.0 Å². The molecule has 26 heavy (non-hydrogen) atoms. The molecule has 0 bridgehead atoms. The first-order valence-corrected chi connectivity index (χ1v) is 8.57. The Kier molecular flexibility index (Phi) is 4.12. The van der Waals surface area contributed by atoms with Crippen molar-refractivity contribution in [1.82, 2.24) is 19.7 Å². The quantitative estimate of drug-likeness (QED) is 0.763. The molecular formula is C18H20N4O4. The van der Waals surface area contributed by atoms with Crippen molar-refractivity contribution in [3.8, 4) is 5.75 Å². The summed E-state index contributed by atoms with van der Waals surface area (Å²) in [6.45, 7) is 5.02. The molecule has 1 fully saturated rings. The lowest BCUT2D eigenvalue weighted by atomic mass is 10.2. The second kappa shape index (κ2) is 6.45. The first-order chi connectivity index (χ1) is 12.5. The number of aliphatic hydroxyl groups excluding tert-OH is 1. The van der Waals surface area contributed by atoms with Gasteiger partial charge in [-0.15, -0.1) is 0 Å². The largest absolute Gasteiger partial charge is 0.482 e. The van der Waals surface area contributed by atoms with Crippen LogP contribution in [0, 0.1) is 6.92 Å². The summed E-state index contributed by atoms with van der Waals surface area (Å²) in [5.74, 6) is 0.980. The summed E-state index contributed by atoms with van der Waals surface area (Å²) in [4.78, 5) is 18.6. The summed E-state index contributed by atoms with van der Waals surface area (Å²) in [5, 5.41) is 14.4. The Morgan fingerprint density at radius 2 is 2.27 bits per heavy atom. The second-order valence-electron chi connectivity index (χ2n) is 6.38. The predicted molar refractivity (Wildman–Crippen MR) is 93.0 cm³/mol. The van der Waals surface area contributed by atoms with Crippen molar-refractivity contribution in [2.75, 3.05) is 13.1 Å². The van der Waals surface area contributed by atoms with Crippen LogP contribution in [0.1, 0.15) is 23.2 Å². The lowest BCUT2D eigenvalue weighted by molar-refractivity contribution is 0.0729. The number of rotatable bonds is 4. The van der Waals surface area contributed by atoms with E-state index >= 15 is 0 Å². The Hall–Kier alpha value is -2.87. The molecule has 1 aliphatic heterocycles. The van der Waals surface area contributed by atoms with Crippen molar-refractivity contribution < 1.29 is 19.1 Å². The maximum absolute atomic E-state index is 12.8. The van der Waals surface area contributed by atoms with Crippen LogP contribution in [-0.2, 0) is 6.54 Å². The van der Waals surface area contributed by atoms with Crippen LogP contribution in [0.5, 0.6) is 5.75 Å². The third kappa shape index (κ3) is 3.03. The molecule has 3 heterocycles. The van der Waals surface area contributed by atoms with Crippen LogP contribution in [0.25, 0.3) is 11.1 Å². The SMILES string of the molecule is CCn1cc(O[C@@H]2CN(C(=O)c3ccc4oc(C)nc4c3)C[C@H]2O)cn1. The highest BCUT2D eigenvalue weighted by Crippen LogP contribution is 2.22. The van der Waals surface area contributed by atoms with Crippen molar-refractivity contribution >= 4 is 17.0 Å². The van der Waals surface area contributed by atoms with Gasteiger partial charge in [0, 0.05) is 19.0 Å². The zero-order valence-electron chi connectivity index (χ0n) is 14.6. The normalized spacial score (nSPS) is 20.0. The van der Waals surface area contributed by atoms with Crippen LogP contribution in [0.2, 0.25) is 0 Å². The molecule has 1 saturated heterocycles. The third-order valence-corrected chi connectivity index (χ3v) is 4.49. The van der Waals surface area contributed by atoms with Crippen LogP contribution in [-0.4, -0.2) is 56.0 Å². The maximum Gasteiger partial charge on any atom is 0.254 e. The van der Waals surface area contributed by atoms with E-state index in [9.17, 15) is 9.90 Å². The van der Waals surface area contributed by atoms with Crippen LogP contribution >= 0.6 is 0 Å². The van der Waals surface area contributed by atoms with Crippen molar-refractivity contribution in [1.29, 1.82) is 0 Å². The van der Waals surface area contributed by atoms with Gasteiger partial charge in [0.15, 0.2) is 17.2 Å². The van der Waals surface area contributed by atoms with Gasteiger partial charge in [-0.05, 0) is 25.1 Å². The lowest BCUT2D eigenvalue weighted by Crippen LogP contribution is -2.31. The average molecular weight is 356 g/mol. The number of β-amino-alcohol motifs (C(OH)–C–C–N with tert-alkyl or cyclic N) is 1. The van der Waals surface area contributed by atoms with E-state index in [1.54, 1.807) is 47.1 Å². The van der Waals surface area contributed by atoms with E-state index in [1.165, 1.54) is 0 Å². The molecule has 1 aromatic carbocycles. The van der Waals surface area contributed by atoms with Crippen molar-refractivity contribution in [3.63, 3.8) is 0 Å². The van der Waals surface area contributed by atoms with Crippen LogP contribution in [0.15, 0.2) is 35.0 Å². The molecule has 1 amide bonds. The zero-order valence-corrected chi connectivity index (χ0v) is 14.6. The van der Waals surface area contributed by atoms with Crippen molar-refractivity contribution in [2.24, 2.45) is 0 Å². The summed E-state index contributed by atoms with van der Waals surface area (Å²) in [6.07, 6.45) is 2.16. The van der Waals surface area contributed by atoms with Crippen LogP contribution in [0.3, 0.4) is 0 Å². The summed E-state index contributed by atoms with van der Waals surface area (Å²) in [5.41, 5.74) is 1.81. The summed E-state index contributed by atoms with van der Waals surface area (Å²) in [6, 6.07) is 5.16. The Bertz CT molecular complexity index is 948. The highest BCUT2D eigenvalue weighted by Gasteiger charge is 2.36. The number of carbonyl (C=O) groups excluding carboxylic acids is 1. The van der Waals surface area contributed by atoms with Gasteiger partial charge in [0.1, 0.15) is 17.7 Å². The van der Waals surface area contributed by atoms with Gasteiger partial charge in [-0.1, -0.05) is 0 Å². The monoisotopic (exact) mass is 356 g/mol. The minimum atomic E-state index is -0.748. The number of oxazole rings is 1. The summed E-state index contributed by atoms with van der Waals surface area (Å²) >= 11 is 0. The van der Waals surface area contributed by atoms with Gasteiger partial charge in [-0.2, -0.15) is 5.10 Å². The molecule has 3 aromatic rings. The predicted octanol–water partition coefficient (Wildman–Crippen LogP) is 1.62. The van der Waals surface area contributed by atoms with Gasteiger partial charge in [0.2, 0.25) is 0 Å². The molecule has 0 saturated carbocycles. The number of carbonyl (C=O) groups is 1. The number of fused-ring (bicyclic) bond motifs is 1. The molecule has 0 radical (unpaired) electrons. The fourth-order valence-electron chi connectivity index (χ4n) is 3.15. The lowest BCUT2D eigenvalue weighted by Gasteiger charge is -2.16. The Morgan fingerprint density at radius 3 is 3.04 bits per heavy atom. The molecule has 0 unspecified atom stereocenters.